The van der Waals surface area contributed by atoms with Gasteiger partial charge in [-0.15, -0.1) is 0 Å². The number of hydrogen-bond acceptors (Lipinski definition) is 7. The second-order valence-electron chi connectivity index (χ2n) is 43.2. The summed E-state index contributed by atoms with van der Waals surface area (Å²) < 4.78 is 0. The van der Waals surface area contributed by atoms with Crippen LogP contribution < -0.4 is 34.3 Å². The second kappa shape index (κ2) is 35.9. The number of nitrogens with zero attached hydrogens (tertiary/aromatic N) is 7. The summed E-state index contributed by atoms with van der Waals surface area (Å²) in [5, 5.41) is 0. The standard InChI is InChI=1S/C122H133N7/c1-115(2,3)86-30-46-95(47-31-86)124(96-48-32-87(33-49-96)116(4,5)6)105-70-78-111(79-71-105)128(112-80-72-106(73-81-112)125(97-50-34-88(35-51-97)117(7,8)9)98-52-36-89(37-53-98)118(10,11)12)109-66-62-103(63-67-109)123(94-28-26-25-27-29-94)104-64-68-110(69-65-104)129(113-82-74-107(75-83-113)126(99-54-38-90(39-55-99)119(13,14)15)100-56-40-91(41-57-100)120(16,17)18)114-84-76-108(77-85-114)127(101-58-42-92(43-59-101)121(19,20)21)102-60-44-93(45-61-102)122(22,23)24/h25-85H,1-24H3. The highest BCUT2D eigenvalue weighted by Gasteiger charge is 2.29. The fourth-order valence-corrected chi connectivity index (χ4v) is 17.1. The lowest BCUT2D eigenvalue weighted by molar-refractivity contribution is 0.590. The molecule has 0 unspecified atom stereocenters. The highest BCUT2D eigenvalue weighted by Crippen LogP contribution is 2.49. The van der Waals surface area contributed by atoms with Crippen molar-refractivity contribution >= 4 is 119 Å². The van der Waals surface area contributed by atoms with E-state index in [1.165, 1.54) is 44.5 Å². The number of hydrogen-bond donors (Lipinski definition) is 0. The van der Waals surface area contributed by atoms with Gasteiger partial charge >= 0.3 is 0 Å². The minimum absolute atomic E-state index is 0.00516. The minimum atomic E-state index is 0.00516. The summed E-state index contributed by atoms with van der Waals surface area (Å²) in [5.41, 5.74) is 32.5. The van der Waals surface area contributed by atoms with Crippen molar-refractivity contribution in [3.8, 4) is 0 Å². The molecule has 7 heteroatoms. The Morgan fingerprint density at radius 2 is 0.163 bits per heavy atom. The molecule has 0 atom stereocenters. The third-order valence-corrected chi connectivity index (χ3v) is 25.1. The van der Waals surface area contributed by atoms with E-state index in [4.69, 9.17) is 0 Å². The van der Waals surface area contributed by atoms with Gasteiger partial charge in [-0.2, -0.15) is 0 Å². The first-order valence-corrected chi connectivity index (χ1v) is 46.1. The molecule has 0 aliphatic heterocycles. The molecule has 0 saturated carbocycles. The predicted molar refractivity (Wildman–Crippen MR) is 559 cm³/mol. The Bertz CT molecular complexity index is 5300. The summed E-state index contributed by atoms with van der Waals surface area (Å²) >= 11 is 0. The third kappa shape index (κ3) is 20.6. The fraction of sp³-hybridized carbons (Fsp3) is 0.262. The van der Waals surface area contributed by atoms with Crippen molar-refractivity contribution in [2.75, 3.05) is 34.3 Å². The zero-order chi connectivity index (χ0) is 91.9. The molecule has 0 saturated heterocycles. The van der Waals surface area contributed by atoms with E-state index in [9.17, 15) is 0 Å². The number of benzene rings is 15. The summed E-state index contributed by atoms with van der Waals surface area (Å²) in [4.78, 5) is 16.7. The van der Waals surface area contributed by atoms with Crippen molar-refractivity contribution in [1.82, 2.24) is 0 Å². The van der Waals surface area contributed by atoms with Crippen LogP contribution in [0.25, 0.3) is 0 Å². The average Bonchev–Trinajstić information content (AvgIpc) is 0.761. The fourth-order valence-electron chi connectivity index (χ4n) is 17.1. The first-order chi connectivity index (χ1) is 61.0. The molecule has 0 spiro atoms. The molecule has 129 heavy (non-hydrogen) atoms. The van der Waals surface area contributed by atoms with Gasteiger partial charge < -0.3 is 34.3 Å². The van der Waals surface area contributed by atoms with Crippen molar-refractivity contribution in [3.05, 3.63) is 415 Å². The van der Waals surface area contributed by atoms with Crippen LogP contribution in [0.1, 0.15) is 211 Å². The normalized spacial score (nSPS) is 12.3. The first kappa shape index (κ1) is 90.7. The smallest absolute Gasteiger partial charge is 0.0463 e. The molecule has 15 aromatic rings. The van der Waals surface area contributed by atoms with E-state index in [2.05, 4.69) is 571 Å². The molecule has 15 aromatic carbocycles. The summed E-state index contributed by atoms with van der Waals surface area (Å²) in [5.74, 6) is 0. The van der Waals surface area contributed by atoms with Crippen LogP contribution >= 0.6 is 0 Å². The van der Waals surface area contributed by atoms with Crippen LogP contribution in [-0.4, -0.2) is 0 Å². The minimum Gasteiger partial charge on any atom is -0.311 e. The summed E-state index contributed by atoms with van der Waals surface area (Å²) in [6.07, 6.45) is 0. The topological polar surface area (TPSA) is 22.7 Å². The maximum atomic E-state index is 2.39. The van der Waals surface area contributed by atoms with Crippen LogP contribution in [0.4, 0.5) is 119 Å². The van der Waals surface area contributed by atoms with Crippen molar-refractivity contribution < 1.29 is 0 Å². The Balaban J connectivity index is 0.835. The molecule has 0 N–H and O–H groups in total. The van der Waals surface area contributed by atoms with Gasteiger partial charge in [-0.3, -0.25) is 0 Å². The lowest BCUT2D eigenvalue weighted by atomic mass is 9.86. The van der Waals surface area contributed by atoms with Crippen LogP contribution in [0.2, 0.25) is 0 Å². The van der Waals surface area contributed by atoms with Crippen molar-refractivity contribution in [1.29, 1.82) is 0 Å². The monoisotopic (exact) mass is 1700 g/mol. The quantitative estimate of drug-likeness (QED) is 0.0706. The molecule has 0 heterocycles. The maximum Gasteiger partial charge on any atom is 0.0463 e. The molecule has 7 nitrogen and oxygen atoms in total. The van der Waals surface area contributed by atoms with E-state index in [1.54, 1.807) is 0 Å². The molecule has 656 valence electrons. The van der Waals surface area contributed by atoms with Crippen molar-refractivity contribution in [3.63, 3.8) is 0 Å². The van der Waals surface area contributed by atoms with E-state index in [0.717, 1.165) is 119 Å². The molecular weight excluding hydrogens is 1560 g/mol. The molecule has 0 aliphatic carbocycles. The van der Waals surface area contributed by atoms with Gasteiger partial charge in [0, 0.05) is 119 Å². The zero-order valence-corrected chi connectivity index (χ0v) is 80.8. The van der Waals surface area contributed by atoms with Gasteiger partial charge in [0.25, 0.3) is 0 Å². The van der Waals surface area contributed by atoms with Gasteiger partial charge in [0.2, 0.25) is 0 Å². The lowest BCUT2D eigenvalue weighted by Crippen LogP contribution is -2.15. The van der Waals surface area contributed by atoms with Crippen LogP contribution in [0.3, 0.4) is 0 Å². The molecule has 15 rings (SSSR count). The van der Waals surface area contributed by atoms with Crippen LogP contribution in [0.15, 0.2) is 370 Å². The molecule has 0 bridgehead atoms. The van der Waals surface area contributed by atoms with E-state index in [0.29, 0.717) is 0 Å². The van der Waals surface area contributed by atoms with Crippen molar-refractivity contribution in [2.45, 2.75) is 209 Å². The van der Waals surface area contributed by atoms with Gasteiger partial charge in [-0.05, 0) is 343 Å². The average molecular weight is 1700 g/mol. The van der Waals surface area contributed by atoms with E-state index < -0.39 is 0 Å². The second-order valence-corrected chi connectivity index (χ2v) is 43.2. The number of anilines is 21. The van der Waals surface area contributed by atoms with Gasteiger partial charge in [0.05, 0.1) is 0 Å². The third-order valence-electron chi connectivity index (χ3n) is 25.1. The maximum absolute atomic E-state index is 2.39. The number of para-hydroxylation sites is 1. The largest absolute Gasteiger partial charge is 0.311 e. The predicted octanol–water partition coefficient (Wildman–Crippen LogP) is 36.4. The van der Waals surface area contributed by atoms with E-state index in [1.807, 2.05) is 0 Å². The Labute approximate surface area is 772 Å². The first-order valence-electron chi connectivity index (χ1n) is 46.1. The van der Waals surface area contributed by atoms with Crippen LogP contribution in [-0.2, 0) is 43.3 Å². The highest BCUT2D eigenvalue weighted by molar-refractivity contribution is 5.89. The van der Waals surface area contributed by atoms with E-state index in [-0.39, 0.29) is 43.3 Å². The van der Waals surface area contributed by atoms with E-state index >= 15 is 0 Å². The molecular formula is C122H133N7. The SMILES string of the molecule is CC(C)(C)c1ccc(N(c2ccc(N(c3ccc(N(c4ccccc4)c4ccc(N(c5ccc(N(c6ccc(C(C)(C)C)cc6)c6ccc(C(C)(C)C)cc6)cc5)c5ccc(N(c6ccc(C(C)(C)C)cc6)c6ccc(C(C)(C)C)cc6)cc5)cc4)cc3)c3ccc(N(c4ccc(C(C)(C)C)cc4)c4ccc(C(C)(C)C)cc4)cc3)cc2)c2ccc(C(C)(C)C)cc2)cc1. The van der Waals surface area contributed by atoms with Crippen LogP contribution in [0, 0.1) is 0 Å². The van der Waals surface area contributed by atoms with Crippen LogP contribution in [0.5, 0.6) is 0 Å². The Hall–Kier alpha value is -13.1. The van der Waals surface area contributed by atoms with Crippen molar-refractivity contribution in [2.24, 2.45) is 0 Å². The van der Waals surface area contributed by atoms with Gasteiger partial charge in [-0.25, -0.2) is 0 Å². The highest BCUT2D eigenvalue weighted by atomic mass is 15.2. The summed E-state index contributed by atoms with van der Waals surface area (Å²) in [7, 11) is 0. The van der Waals surface area contributed by atoms with Gasteiger partial charge in [0.1, 0.15) is 0 Å². The molecule has 0 aromatic heterocycles. The van der Waals surface area contributed by atoms with Gasteiger partial charge in [0.15, 0.2) is 0 Å². The number of rotatable bonds is 21. The Morgan fingerprint density at radius 3 is 0.240 bits per heavy atom. The summed E-state index contributed by atoms with van der Waals surface area (Å²) in [6, 6.07) is 138. The summed E-state index contributed by atoms with van der Waals surface area (Å²) in [6.45, 7) is 54.7. The molecule has 0 aliphatic rings. The Kier molecular flexibility index (Phi) is 25.2. The zero-order valence-electron chi connectivity index (χ0n) is 80.8. The lowest BCUT2D eigenvalue weighted by Gasteiger charge is -2.31. The molecule has 0 radical (unpaired) electrons. The Morgan fingerprint density at radius 1 is 0.0930 bits per heavy atom. The molecule has 0 amide bonds. The van der Waals surface area contributed by atoms with Gasteiger partial charge in [-0.1, -0.05) is 281 Å². The molecule has 0 fully saturated rings.